The predicted octanol–water partition coefficient (Wildman–Crippen LogP) is 1.03. The second kappa shape index (κ2) is 4.36. The third-order valence-corrected chi connectivity index (χ3v) is 1.42. The molecule has 64 valence electrons. The number of hydrogen-bond acceptors (Lipinski definition) is 3. The second-order valence-corrected chi connectivity index (χ2v) is 2.70. The van der Waals surface area contributed by atoms with Crippen LogP contribution < -0.4 is 0 Å². The highest BCUT2D eigenvalue weighted by Crippen LogP contribution is 2.11. The molecular formula is C8H14O3. The Morgan fingerprint density at radius 3 is 3.18 bits per heavy atom. The molecule has 1 N–H and O–H groups in total. The SMILES string of the molecule is CC(O)COC1CCC=CO1. The van der Waals surface area contributed by atoms with Gasteiger partial charge in [0.2, 0.25) is 0 Å². The van der Waals surface area contributed by atoms with Crippen LogP contribution in [0.5, 0.6) is 0 Å². The summed E-state index contributed by atoms with van der Waals surface area (Å²) < 4.78 is 10.3. The van der Waals surface area contributed by atoms with E-state index >= 15 is 0 Å². The van der Waals surface area contributed by atoms with Crippen LogP contribution in [0.3, 0.4) is 0 Å². The van der Waals surface area contributed by atoms with Crippen LogP contribution in [0.4, 0.5) is 0 Å². The third kappa shape index (κ3) is 3.39. The Hall–Kier alpha value is -0.540. The first-order chi connectivity index (χ1) is 5.29. The maximum absolute atomic E-state index is 8.88. The Bertz CT molecular complexity index is 131. The van der Waals surface area contributed by atoms with Crippen molar-refractivity contribution in [3.8, 4) is 0 Å². The van der Waals surface area contributed by atoms with E-state index in [9.17, 15) is 0 Å². The van der Waals surface area contributed by atoms with Crippen LogP contribution in [0.1, 0.15) is 19.8 Å². The van der Waals surface area contributed by atoms with Crippen LogP contribution in [0.2, 0.25) is 0 Å². The van der Waals surface area contributed by atoms with E-state index in [0.717, 1.165) is 12.8 Å². The van der Waals surface area contributed by atoms with Crippen molar-refractivity contribution in [3.63, 3.8) is 0 Å². The lowest BCUT2D eigenvalue weighted by Gasteiger charge is -2.20. The molecule has 0 aromatic rings. The van der Waals surface area contributed by atoms with E-state index in [0.29, 0.717) is 6.61 Å². The molecule has 0 spiro atoms. The molecule has 0 radical (unpaired) electrons. The van der Waals surface area contributed by atoms with Crippen LogP contribution in [-0.2, 0) is 9.47 Å². The van der Waals surface area contributed by atoms with Crippen LogP contribution >= 0.6 is 0 Å². The topological polar surface area (TPSA) is 38.7 Å². The van der Waals surface area contributed by atoms with Crippen molar-refractivity contribution in [2.75, 3.05) is 6.61 Å². The lowest BCUT2D eigenvalue weighted by atomic mass is 10.3. The van der Waals surface area contributed by atoms with Gasteiger partial charge < -0.3 is 14.6 Å². The molecule has 0 fully saturated rings. The van der Waals surface area contributed by atoms with Gasteiger partial charge in [-0.25, -0.2) is 0 Å². The molecule has 1 heterocycles. The number of rotatable bonds is 3. The molecule has 0 saturated heterocycles. The summed E-state index contributed by atoms with van der Waals surface area (Å²) in [6, 6.07) is 0. The molecule has 2 unspecified atom stereocenters. The van der Waals surface area contributed by atoms with E-state index in [1.807, 2.05) is 6.08 Å². The Labute approximate surface area is 66.6 Å². The van der Waals surface area contributed by atoms with Crippen LogP contribution in [-0.4, -0.2) is 24.1 Å². The quantitative estimate of drug-likeness (QED) is 0.666. The first-order valence-electron chi connectivity index (χ1n) is 3.89. The van der Waals surface area contributed by atoms with Crippen molar-refractivity contribution in [1.29, 1.82) is 0 Å². The predicted molar refractivity (Wildman–Crippen MR) is 40.9 cm³/mol. The van der Waals surface area contributed by atoms with E-state index in [2.05, 4.69) is 0 Å². The maximum atomic E-state index is 8.88. The number of hydrogen-bond donors (Lipinski definition) is 1. The Morgan fingerprint density at radius 2 is 2.64 bits per heavy atom. The van der Waals surface area contributed by atoms with Gasteiger partial charge >= 0.3 is 0 Å². The van der Waals surface area contributed by atoms with Crippen molar-refractivity contribution in [1.82, 2.24) is 0 Å². The molecule has 0 bridgehead atoms. The zero-order valence-electron chi connectivity index (χ0n) is 6.69. The molecule has 2 atom stereocenters. The molecular weight excluding hydrogens is 144 g/mol. The fourth-order valence-electron chi connectivity index (χ4n) is 0.881. The summed E-state index contributed by atoms with van der Waals surface area (Å²) in [4.78, 5) is 0. The second-order valence-electron chi connectivity index (χ2n) is 2.70. The molecule has 3 heteroatoms. The zero-order chi connectivity index (χ0) is 8.10. The monoisotopic (exact) mass is 158 g/mol. The largest absolute Gasteiger partial charge is 0.473 e. The van der Waals surface area contributed by atoms with Gasteiger partial charge in [-0.15, -0.1) is 0 Å². The van der Waals surface area contributed by atoms with Gasteiger partial charge in [0, 0.05) is 6.42 Å². The van der Waals surface area contributed by atoms with E-state index < -0.39 is 6.10 Å². The Balaban J connectivity index is 2.11. The van der Waals surface area contributed by atoms with E-state index in [1.54, 1.807) is 13.2 Å². The van der Waals surface area contributed by atoms with Crippen molar-refractivity contribution in [3.05, 3.63) is 12.3 Å². The molecule has 1 aliphatic heterocycles. The smallest absolute Gasteiger partial charge is 0.199 e. The summed E-state index contributed by atoms with van der Waals surface area (Å²) >= 11 is 0. The summed E-state index contributed by atoms with van der Waals surface area (Å²) in [5, 5.41) is 8.88. The molecule has 0 saturated carbocycles. The lowest BCUT2D eigenvalue weighted by molar-refractivity contribution is -0.132. The van der Waals surface area contributed by atoms with Gasteiger partial charge in [0.1, 0.15) is 0 Å². The number of allylic oxidation sites excluding steroid dienone is 1. The van der Waals surface area contributed by atoms with E-state index in [-0.39, 0.29) is 6.29 Å². The van der Waals surface area contributed by atoms with Gasteiger partial charge in [0.25, 0.3) is 0 Å². The minimum Gasteiger partial charge on any atom is -0.473 e. The fourth-order valence-corrected chi connectivity index (χ4v) is 0.881. The van der Waals surface area contributed by atoms with Crippen molar-refractivity contribution in [2.24, 2.45) is 0 Å². The highest BCUT2D eigenvalue weighted by Gasteiger charge is 2.11. The zero-order valence-corrected chi connectivity index (χ0v) is 6.69. The summed E-state index contributed by atoms with van der Waals surface area (Å²) in [6.45, 7) is 2.04. The van der Waals surface area contributed by atoms with Gasteiger partial charge in [0.05, 0.1) is 19.0 Å². The minimum atomic E-state index is -0.412. The van der Waals surface area contributed by atoms with Gasteiger partial charge in [-0.3, -0.25) is 0 Å². The Morgan fingerprint density at radius 1 is 1.82 bits per heavy atom. The Kier molecular flexibility index (Phi) is 3.39. The van der Waals surface area contributed by atoms with Crippen LogP contribution in [0, 0.1) is 0 Å². The van der Waals surface area contributed by atoms with Crippen LogP contribution in [0.25, 0.3) is 0 Å². The minimum absolute atomic E-state index is 0.158. The molecule has 3 nitrogen and oxygen atoms in total. The van der Waals surface area contributed by atoms with Gasteiger partial charge in [0.15, 0.2) is 6.29 Å². The molecule has 0 amide bonds. The fraction of sp³-hybridized carbons (Fsp3) is 0.750. The van der Waals surface area contributed by atoms with Gasteiger partial charge in [-0.1, -0.05) is 0 Å². The maximum Gasteiger partial charge on any atom is 0.199 e. The third-order valence-electron chi connectivity index (χ3n) is 1.42. The molecule has 1 rings (SSSR count). The van der Waals surface area contributed by atoms with E-state index in [1.165, 1.54) is 0 Å². The first-order valence-corrected chi connectivity index (χ1v) is 3.89. The molecule has 0 aromatic heterocycles. The number of ether oxygens (including phenoxy) is 2. The molecule has 0 aromatic carbocycles. The van der Waals surface area contributed by atoms with Crippen LogP contribution in [0.15, 0.2) is 12.3 Å². The highest BCUT2D eigenvalue weighted by molar-refractivity contribution is 4.79. The standard InChI is InChI=1S/C8H14O3/c1-7(9)6-11-8-4-2-3-5-10-8/h3,5,7-9H,2,4,6H2,1H3. The summed E-state index contributed by atoms with van der Waals surface area (Å²) in [5.41, 5.74) is 0. The number of aliphatic hydroxyl groups excluding tert-OH is 1. The van der Waals surface area contributed by atoms with Gasteiger partial charge in [-0.2, -0.15) is 0 Å². The van der Waals surface area contributed by atoms with Crippen molar-refractivity contribution in [2.45, 2.75) is 32.2 Å². The summed E-state index contributed by atoms with van der Waals surface area (Å²) in [7, 11) is 0. The summed E-state index contributed by atoms with van der Waals surface area (Å²) in [5.74, 6) is 0. The van der Waals surface area contributed by atoms with Crippen molar-refractivity contribution >= 4 is 0 Å². The molecule has 0 aliphatic carbocycles. The normalized spacial score (nSPS) is 26.2. The number of aliphatic hydroxyl groups is 1. The average molecular weight is 158 g/mol. The average Bonchev–Trinajstić information content (AvgIpc) is 2.03. The molecule has 11 heavy (non-hydrogen) atoms. The first kappa shape index (κ1) is 8.56. The lowest BCUT2D eigenvalue weighted by Crippen LogP contribution is -2.22. The summed E-state index contributed by atoms with van der Waals surface area (Å²) in [6.07, 6.45) is 4.91. The molecule has 1 aliphatic rings. The van der Waals surface area contributed by atoms with Crippen molar-refractivity contribution < 1.29 is 14.6 Å². The van der Waals surface area contributed by atoms with Gasteiger partial charge in [-0.05, 0) is 19.4 Å². The van der Waals surface area contributed by atoms with E-state index in [4.69, 9.17) is 14.6 Å². The highest BCUT2D eigenvalue weighted by atomic mass is 16.7.